The van der Waals surface area contributed by atoms with Crippen LogP contribution in [-0.2, 0) is 0 Å². The standard InChI is InChI=1S/C18H19NO2/c1-21-16-9-5-8-15(12-16)18(20)19-17(14-10-11-14)13-6-3-2-4-7-13/h2-9,12,14,17H,10-11H2,1H3,(H,19,20). The SMILES string of the molecule is COc1cccc(C(=O)NC(c2ccccc2)C2CC2)c1. The zero-order valence-electron chi connectivity index (χ0n) is 12.1. The molecule has 1 atom stereocenters. The molecule has 3 heteroatoms. The van der Waals surface area contributed by atoms with Crippen LogP contribution in [-0.4, -0.2) is 13.0 Å². The van der Waals surface area contributed by atoms with Gasteiger partial charge in [0.2, 0.25) is 0 Å². The second-order valence-corrected chi connectivity index (χ2v) is 5.43. The Morgan fingerprint density at radius 1 is 1.14 bits per heavy atom. The highest BCUT2D eigenvalue weighted by Crippen LogP contribution is 2.41. The van der Waals surface area contributed by atoms with Crippen LogP contribution in [0.15, 0.2) is 54.6 Å². The van der Waals surface area contributed by atoms with Crippen molar-refractivity contribution in [2.24, 2.45) is 5.92 Å². The van der Waals surface area contributed by atoms with Gasteiger partial charge in [-0.3, -0.25) is 4.79 Å². The molecule has 2 aromatic carbocycles. The van der Waals surface area contributed by atoms with E-state index in [4.69, 9.17) is 4.74 Å². The Morgan fingerprint density at radius 3 is 2.57 bits per heavy atom. The predicted octanol–water partition coefficient (Wildman–Crippen LogP) is 3.58. The molecule has 21 heavy (non-hydrogen) atoms. The van der Waals surface area contributed by atoms with Gasteiger partial charge < -0.3 is 10.1 Å². The lowest BCUT2D eigenvalue weighted by Crippen LogP contribution is -2.29. The summed E-state index contributed by atoms with van der Waals surface area (Å²) in [6.45, 7) is 0. The number of nitrogens with one attached hydrogen (secondary N) is 1. The Balaban J connectivity index is 1.78. The van der Waals surface area contributed by atoms with Crippen LogP contribution in [0.25, 0.3) is 0 Å². The van der Waals surface area contributed by atoms with E-state index in [0.29, 0.717) is 17.2 Å². The van der Waals surface area contributed by atoms with Gasteiger partial charge in [-0.2, -0.15) is 0 Å². The van der Waals surface area contributed by atoms with Gasteiger partial charge in [0.15, 0.2) is 0 Å². The van der Waals surface area contributed by atoms with E-state index < -0.39 is 0 Å². The summed E-state index contributed by atoms with van der Waals surface area (Å²) in [7, 11) is 1.61. The van der Waals surface area contributed by atoms with Crippen LogP contribution in [0.2, 0.25) is 0 Å². The molecule has 3 nitrogen and oxygen atoms in total. The van der Waals surface area contributed by atoms with E-state index in [1.807, 2.05) is 36.4 Å². The third kappa shape index (κ3) is 3.24. The summed E-state index contributed by atoms with van der Waals surface area (Å²) in [5.41, 5.74) is 1.81. The van der Waals surface area contributed by atoms with Crippen LogP contribution in [0.4, 0.5) is 0 Å². The summed E-state index contributed by atoms with van der Waals surface area (Å²) in [4.78, 5) is 12.5. The molecular formula is C18H19NO2. The van der Waals surface area contributed by atoms with Crippen molar-refractivity contribution in [2.75, 3.05) is 7.11 Å². The van der Waals surface area contributed by atoms with Crippen molar-refractivity contribution < 1.29 is 9.53 Å². The first-order valence-electron chi connectivity index (χ1n) is 7.28. The zero-order valence-corrected chi connectivity index (χ0v) is 12.1. The summed E-state index contributed by atoms with van der Waals surface area (Å²) in [5.74, 6) is 1.21. The maximum Gasteiger partial charge on any atom is 0.251 e. The molecule has 1 N–H and O–H groups in total. The summed E-state index contributed by atoms with van der Waals surface area (Å²) in [6.07, 6.45) is 2.36. The molecule has 0 saturated heterocycles. The van der Waals surface area contributed by atoms with Crippen molar-refractivity contribution in [3.63, 3.8) is 0 Å². The molecule has 108 valence electrons. The summed E-state index contributed by atoms with van der Waals surface area (Å²) in [5, 5.41) is 3.17. The van der Waals surface area contributed by atoms with Gasteiger partial charge in [-0.25, -0.2) is 0 Å². The van der Waals surface area contributed by atoms with Crippen molar-refractivity contribution in [1.29, 1.82) is 0 Å². The topological polar surface area (TPSA) is 38.3 Å². The number of hydrogen-bond donors (Lipinski definition) is 1. The first-order valence-corrected chi connectivity index (χ1v) is 7.28. The van der Waals surface area contributed by atoms with Crippen LogP contribution in [0.5, 0.6) is 5.75 Å². The number of ether oxygens (including phenoxy) is 1. The zero-order chi connectivity index (χ0) is 14.7. The van der Waals surface area contributed by atoms with Gasteiger partial charge in [-0.1, -0.05) is 36.4 Å². The fraction of sp³-hybridized carbons (Fsp3) is 0.278. The summed E-state index contributed by atoms with van der Waals surface area (Å²) < 4.78 is 5.17. The van der Waals surface area contributed by atoms with Crippen LogP contribution >= 0.6 is 0 Å². The van der Waals surface area contributed by atoms with Gasteiger partial charge >= 0.3 is 0 Å². The van der Waals surface area contributed by atoms with Crippen LogP contribution in [0.3, 0.4) is 0 Å². The van der Waals surface area contributed by atoms with Crippen LogP contribution in [0.1, 0.15) is 34.8 Å². The number of methoxy groups -OCH3 is 1. The van der Waals surface area contributed by atoms with Crippen molar-refractivity contribution in [2.45, 2.75) is 18.9 Å². The number of amides is 1. The molecule has 1 fully saturated rings. The Bertz CT molecular complexity index is 620. The normalized spacial score (nSPS) is 15.3. The average Bonchev–Trinajstić information content (AvgIpc) is 3.38. The lowest BCUT2D eigenvalue weighted by molar-refractivity contribution is 0.0931. The predicted molar refractivity (Wildman–Crippen MR) is 82.4 cm³/mol. The third-order valence-electron chi connectivity index (χ3n) is 3.87. The summed E-state index contributed by atoms with van der Waals surface area (Å²) >= 11 is 0. The first kappa shape index (κ1) is 13.7. The van der Waals surface area contributed by atoms with Gasteiger partial charge in [-0.15, -0.1) is 0 Å². The average molecular weight is 281 g/mol. The van der Waals surface area contributed by atoms with Crippen LogP contribution < -0.4 is 10.1 Å². The van der Waals surface area contributed by atoms with E-state index in [9.17, 15) is 4.79 Å². The second kappa shape index (κ2) is 6.00. The molecule has 2 aromatic rings. The van der Waals surface area contributed by atoms with E-state index in [1.165, 1.54) is 18.4 Å². The van der Waals surface area contributed by atoms with Gasteiger partial charge in [0.05, 0.1) is 13.2 Å². The van der Waals surface area contributed by atoms with Crippen molar-refractivity contribution >= 4 is 5.91 Å². The highest BCUT2D eigenvalue weighted by Gasteiger charge is 2.33. The van der Waals surface area contributed by atoms with E-state index in [1.54, 1.807) is 13.2 Å². The molecule has 1 aliphatic carbocycles. The highest BCUT2D eigenvalue weighted by molar-refractivity contribution is 5.94. The molecule has 1 unspecified atom stereocenters. The maximum absolute atomic E-state index is 12.5. The lowest BCUT2D eigenvalue weighted by atomic mass is 10.0. The largest absolute Gasteiger partial charge is 0.497 e. The molecule has 3 rings (SSSR count). The number of hydrogen-bond acceptors (Lipinski definition) is 2. The Labute approximate surface area is 124 Å². The second-order valence-electron chi connectivity index (χ2n) is 5.43. The fourth-order valence-corrected chi connectivity index (χ4v) is 2.55. The quantitative estimate of drug-likeness (QED) is 0.909. The third-order valence-corrected chi connectivity index (χ3v) is 3.87. The highest BCUT2D eigenvalue weighted by atomic mass is 16.5. The van der Waals surface area contributed by atoms with Gasteiger partial charge in [0.25, 0.3) is 5.91 Å². The minimum Gasteiger partial charge on any atom is -0.497 e. The molecule has 1 saturated carbocycles. The number of benzene rings is 2. The maximum atomic E-state index is 12.5. The van der Waals surface area contributed by atoms with Gasteiger partial charge in [-0.05, 0) is 42.5 Å². The van der Waals surface area contributed by atoms with Crippen molar-refractivity contribution in [3.05, 3.63) is 65.7 Å². The molecule has 0 heterocycles. The molecule has 0 bridgehead atoms. The number of carbonyl (C=O) groups is 1. The minimum atomic E-state index is -0.0466. The van der Waals surface area contributed by atoms with Gasteiger partial charge in [0.1, 0.15) is 5.75 Å². The van der Waals surface area contributed by atoms with Crippen molar-refractivity contribution in [3.8, 4) is 5.75 Å². The Hall–Kier alpha value is -2.29. The van der Waals surface area contributed by atoms with Gasteiger partial charge in [0, 0.05) is 5.56 Å². The molecule has 0 aromatic heterocycles. The van der Waals surface area contributed by atoms with E-state index in [0.717, 1.165) is 0 Å². The Morgan fingerprint density at radius 2 is 1.90 bits per heavy atom. The van der Waals surface area contributed by atoms with Crippen LogP contribution in [0, 0.1) is 5.92 Å². The Kier molecular flexibility index (Phi) is 3.91. The smallest absolute Gasteiger partial charge is 0.251 e. The molecule has 1 amide bonds. The lowest BCUT2D eigenvalue weighted by Gasteiger charge is -2.19. The molecule has 0 radical (unpaired) electrons. The van der Waals surface area contributed by atoms with E-state index in [-0.39, 0.29) is 11.9 Å². The number of carbonyl (C=O) groups excluding carboxylic acids is 1. The first-order chi connectivity index (χ1) is 10.3. The fourth-order valence-electron chi connectivity index (χ4n) is 2.55. The van der Waals surface area contributed by atoms with Crippen molar-refractivity contribution in [1.82, 2.24) is 5.32 Å². The monoisotopic (exact) mass is 281 g/mol. The van der Waals surface area contributed by atoms with E-state index >= 15 is 0 Å². The van der Waals surface area contributed by atoms with E-state index in [2.05, 4.69) is 17.4 Å². The molecular weight excluding hydrogens is 262 g/mol. The minimum absolute atomic E-state index is 0.0466. The molecule has 0 aliphatic heterocycles. The molecule has 0 spiro atoms. The molecule has 1 aliphatic rings. The number of rotatable bonds is 5. The summed E-state index contributed by atoms with van der Waals surface area (Å²) in [6, 6.07) is 17.5.